The molecule has 92 valence electrons. The van der Waals surface area contributed by atoms with Crippen LogP contribution in [0.25, 0.3) is 0 Å². The Kier molecular flexibility index (Phi) is 3.48. The summed E-state index contributed by atoms with van der Waals surface area (Å²) in [6.45, 7) is 5.15. The lowest BCUT2D eigenvalue weighted by Gasteiger charge is -2.31. The molecule has 2 unspecified atom stereocenters. The van der Waals surface area contributed by atoms with Crippen molar-refractivity contribution in [3.8, 4) is 0 Å². The number of benzene rings is 1. The van der Waals surface area contributed by atoms with Crippen molar-refractivity contribution in [2.75, 3.05) is 6.54 Å². The Balaban J connectivity index is 2.29. The number of primary amides is 1. The number of hydrogen-bond donors (Lipinski definition) is 2. The monoisotopic (exact) mass is 232 g/mol. The van der Waals surface area contributed by atoms with Crippen molar-refractivity contribution in [1.29, 1.82) is 0 Å². The molecule has 1 heterocycles. The maximum Gasteiger partial charge on any atom is 0.222 e. The molecule has 1 aliphatic rings. The van der Waals surface area contributed by atoms with Gasteiger partial charge in [-0.05, 0) is 49.9 Å². The van der Waals surface area contributed by atoms with Gasteiger partial charge < -0.3 is 11.1 Å². The average molecular weight is 232 g/mol. The van der Waals surface area contributed by atoms with E-state index in [1.54, 1.807) is 0 Å². The molecule has 3 N–H and O–H groups in total. The third kappa shape index (κ3) is 2.50. The van der Waals surface area contributed by atoms with Gasteiger partial charge in [0.25, 0.3) is 0 Å². The lowest BCUT2D eigenvalue weighted by molar-refractivity contribution is -0.123. The summed E-state index contributed by atoms with van der Waals surface area (Å²) in [7, 11) is 0. The summed E-state index contributed by atoms with van der Waals surface area (Å²) in [5.41, 5.74) is 9.20. The smallest absolute Gasteiger partial charge is 0.222 e. The fraction of sp³-hybridized carbons (Fsp3) is 0.500. The fourth-order valence-electron chi connectivity index (χ4n) is 2.50. The molecule has 0 radical (unpaired) electrons. The van der Waals surface area contributed by atoms with Crippen LogP contribution >= 0.6 is 0 Å². The number of amides is 1. The largest absolute Gasteiger partial charge is 0.369 e. The van der Waals surface area contributed by atoms with Crippen molar-refractivity contribution in [1.82, 2.24) is 5.32 Å². The number of carbonyl (C=O) groups excluding carboxylic acids is 1. The Bertz CT molecular complexity index is 428. The highest BCUT2D eigenvalue weighted by atomic mass is 16.1. The maximum absolute atomic E-state index is 11.5. The van der Waals surface area contributed by atoms with Crippen LogP contribution in [-0.2, 0) is 4.79 Å². The van der Waals surface area contributed by atoms with E-state index >= 15 is 0 Å². The van der Waals surface area contributed by atoms with E-state index in [1.807, 2.05) is 0 Å². The van der Waals surface area contributed by atoms with E-state index < -0.39 is 0 Å². The summed E-state index contributed by atoms with van der Waals surface area (Å²) in [4.78, 5) is 11.5. The number of hydrogen-bond acceptors (Lipinski definition) is 2. The van der Waals surface area contributed by atoms with E-state index in [-0.39, 0.29) is 17.9 Å². The van der Waals surface area contributed by atoms with Crippen molar-refractivity contribution in [2.24, 2.45) is 11.7 Å². The molecule has 3 nitrogen and oxygen atoms in total. The average Bonchev–Trinajstić information content (AvgIpc) is 2.32. The first-order valence-corrected chi connectivity index (χ1v) is 6.19. The lowest BCUT2D eigenvalue weighted by Crippen LogP contribution is -2.41. The number of carbonyl (C=O) groups is 1. The van der Waals surface area contributed by atoms with Crippen LogP contribution in [0.15, 0.2) is 18.2 Å². The van der Waals surface area contributed by atoms with Gasteiger partial charge in [-0.3, -0.25) is 4.79 Å². The highest BCUT2D eigenvalue weighted by molar-refractivity contribution is 5.77. The SMILES string of the molecule is Cc1ccc(C2NCCCC2C(N)=O)cc1C. The highest BCUT2D eigenvalue weighted by Gasteiger charge is 2.30. The van der Waals surface area contributed by atoms with Gasteiger partial charge in [-0.2, -0.15) is 0 Å². The summed E-state index contributed by atoms with van der Waals surface area (Å²) in [6.07, 6.45) is 1.91. The summed E-state index contributed by atoms with van der Waals surface area (Å²) in [5.74, 6) is -0.272. The molecule has 1 aromatic carbocycles. The molecule has 1 aromatic rings. The summed E-state index contributed by atoms with van der Waals surface area (Å²) in [6, 6.07) is 6.45. The van der Waals surface area contributed by atoms with E-state index in [1.165, 1.54) is 16.7 Å². The second-order valence-electron chi connectivity index (χ2n) is 4.93. The van der Waals surface area contributed by atoms with Gasteiger partial charge in [0.05, 0.1) is 5.92 Å². The molecule has 2 rings (SSSR count). The molecule has 0 aliphatic carbocycles. The van der Waals surface area contributed by atoms with Crippen LogP contribution in [-0.4, -0.2) is 12.5 Å². The van der Waals surface area contributed by atoms with Crippen molar-refractivity contribution in [3.63, 3.8) is 0 Å². The minimum absolute atomic E-state index is 0.0779. The van der Waals surface area contributed by atoms with Crippen LogP contribution in [0, 0.1) is 19.8 Å². The summed E-state index contributed by atoms with van der Waals surface area (Å²) in [5, 5.41) is 3.41. The third-order valence-corrected chi connectivity index (χ3v) is 3.71. The first-order chi connectivity index (χ1) is 8.09. The number of aryl methyl sites for hydroxylation is 2. The predicted octanol–water partition coefficient (Wildman–Crippen LogP) is 1.83. The Morgan fingerprint density at radius 1 is 1.35 bits per heavy atom. The minimum atomic E-state index is -0.194. The molecule has 2 atom stereocenters. The molecular formula is C14H20N2O. The van der Waals surface area contributed by atoms with E-state index in [0.29, 0.717) is 0 Å². The molecule has 1 aliphatic heterocycles. The second-order valence-corrected chi connectivity index (χ2v) is 4.93. The molecule has 3 heteroatoms. The van der Waals surface area contributed by atoms with Crippen LogP contribution < -0.4 is 11.1 Å². The molecule has 1 amide bonds. The zero-order valence-electron chi connectivity index (χ0n) is 10.5. The van der Waals surface area contributed by atoms with Crippen LogP contribution in [0.2, 0.25) is 0 Å². The minimum Gasteiger partial charge on any atom is -0.369 e. The topological polar surface area (TPSA) is 55.1 Å². The van der Waals surface area contributed by atoms with Gasteiger partial charge in [0.15, 0.2) is 0 Å². The van der Waals surface area contributed by atoms with Crippen molar-refractivity contribution in [3.05, 3.63) is 34.9 Å². The number of nitrogens with two attached hydrogens (primary N) is 1. The molecule has 17 heavy (non-hydrogen) atoms. The summed E-state index contributed by atoms with van der Waals surface area (Å²) < 4.78 is 0. The molecule has 1 fully saturated rings. The Morgan fingerprint density at radius 2 is 2.12 bits per heavy atom. The quantitative estimate of drug-likeness (QED) is 0.817. The van der Waals surface area contributed by atoms with Crippen LogP contribution in [0.4, 0.5) is 0 Å². The first kappa shape index (κ1) is 12.1. The maximum atomic E-state index is 11.5. The van der Waals surface area contributed by atoms with Crippen LogP contribution in [0.5, 0.6) is 0 Å². The van der Waals surface area contributed by atoms with Gasteiger partial charge in [0.2, 0.25) is 5.91 Å². The van der Waals surface area contributed by atoms with Gasteiger partial charge in [0, 0.05) is 6.04 Å². The zero-order valence-corrected chi connectivity index (χ0v) is 10.5. The highest BCUT2D eigenvalue weighted by Crippen LogP contribution is 2.29. The van der Waals surface area contributed by atoms with Crippen LogP contribution in [0.3, 0.4) is 0 Å². The van der Waals surface area contributed by atoms with Gasteiger partial charge in [-0.15, -0.1) is 0 Å². The van der Waals surface area contributed by atoms with E-state index in [9.17, 15) is 4.79 Å². The molecule has 0 aromatic heterocycles. The van der Waals surface area contributed by atoms with Gasteiger partial charge in [-0.25, -0.2) is 0 Å². The standard InChI is InChI=1S/C14H20N2O/c1-9-5-6-11(8-10(9)2)13-12(14(15)17)4-3-7-16-13/h5-6,8,12-13,16H,3-4,7H2,1-2H3,(H2,15,17). The fourth-order valence-corrected chi connectivity index (χ4v) is 2.50. The number of rotatable bonds is 2. The van der Waals surface area contributed by atoms with Crippen molar-refractivity contribution >= 4 is 5.91 Å². The second kappa shape index (κ2) is 4.88. The Morgan fingerprint density at radius 3 is 2.76 bits per heavy atom. The normalized spacial score (nSPS) is 24.6. The van der Waals surface area contributed by atoms with Gasteiger partial charge in [-0.1, -0.05) is 18.2 Å². The van der Waals surface area contributed by atoms with Gasteiger partial charge >= 0.3 is 0 Å². The Labute approximate surface area is 102 Å². The Hall–Kier alpha value is -1.35. The molecule has 0 spiro atoms. The molecule has 0 bridgehead atoms. The number of piperidine rings is 1. The molecule has 1 saturated heterocycles. The lowest BCUT2D eigenvalue weighted by atomic mass is 9.85. The number of nitrogens with one attached hydrogen (secondary N) is 1. The summed E-state index contributed by atoms with van der Waals surface area (Å²) >= 11 is 0. The first-order valence-electron chi connectivity index (χ1n) is 6.19. The molecule has 0 saturated carbocycles. The van der Waals surface area contributed by atoms with Crippen LogP contribution in [0.1, 0.15) is 35.6 Å². The van der Waals surface area contributed by atoms with Crippen molar-refractivity contribution < 1.29 is 4.79 Å². The zero-order chi connectivity index (χ0) is 12.4. The van der Waals surface area contributed by atoms with E-state index in [0.717, 1.165) is 19.4 Å². The van der Waals surface area contributed by atoms with E-state index in [4.69, 9.17) is 5.73 Å². The molecular weight excluding hydrogens is 212 g/mol. The van der Waals surface area contributed by atoms with E-state index in [2.05, 4.69) is 37.4 Å². The predicted molar refractivity (Wildman–Crippen MR) is 68.6 cm³/mol. The van der Waals surface area contributed by atoms with Gasteiger partial charge in [0.1, 0.15) is 0 Å². The third-order valence-electron chi connectivity index (χ3n) is 3.71. The van der Waals surface area contributed by atoms with Crippen molar-refractivity contribution in [2.45, 2.75) is 32.7 Å².